The molecule has 1 aliphatic heterocycles. The molecule has 0 aromatic heterocycles. The smallest absolute Gasteiger partial charge is 0.385 e. The Bertz CT molecular complexity index is 795. The monoisotopic (exact) mass is 455 g/mol. The Morgan fingerprint density at radius 3 is 2.38 bits per heavy atom. The second kappa shape index (κ2) is 10.7. The van der Waals surface area contributed by atoms with Gasteiger partial charge in [0.15, 0.2) is 0 Å². The van der Waals surface area contributed by atoms with Crippen LogP contribution in [-0.4, -0.2) is 43.0 Å². The van der Waals surface area contributed by atoms with Crippen molar-refractivity contribution in [2.24, 2.45) is 11.8 Å². The predicted molar refractivity (Wildman–Crippen MR) is 117 cm³/mol. The number of nitrogens with one attached hydrogen (secondary N) is 2. The Balaban J connectivity index is 1.40. The first-order valence-electron chi connectivity index (χ1n) is 11.4. The Morgan fingerprint density at radius 2 is 1.75 bits per heavy atom. The van der Waals surface area contributed by atoms with E-state index in [1.165, 1.54) is 12.8 Å². The van der Waals surface area contributed by atoms with Crippen LogP contribution in [0, 0.1) is 17.7 Å². The maximum atomic E-state index is 13.6. The largest absolute Gasteiger partial charge is 0.416 e. The highest BCUT2D eigenvalue weighted by Crippen LogP contribution is 2.31. The van der Waals surface area contributed by atoms with Crippen LogP contribution in [0.3, 0.4) is 0 Å². The number of amides is 1. The van der Waals surface area contributed by atoms with Gasteiger partial charge in [0.1, 0.15) is 5.82 Å². The van der Waals surface area contributed by atoms with Crippen LogP contribution < -0.4 is 10.6 Å². The second-order valence-corrected chi connectivity index (χ2v) is 9.25. The molecule has 1 aliphatic carbocycles. The van der Waals surface area contributed by atoms with Crippen molar-refractivity contribution >= 4 is 11.6 Å². The molecule has 0 atom stereocenters. The van der Waals surface area contributed by atoms with E-state index in [4.69, 9.17) is 0 Å². The van der Waals surface area contributed by atoms with Crippen molar-refractivity contribution in [3.63, 3.8) is 0 Å². The van der Waals surface area contributed by atoms with E-state index in [2.05, 4.69) is 24.1 Å². The molecule has 3 rings (SSSR count). The van der Waals surface area contributed by atoms with E-state index >= 15 is 0 Å². The molecular weight excluding hydrogens is 422 g/mol. The van der Waals surface area contributed by atoms with Crippen LogP contribution in [0.25, 0.3) is 5.70 Å². The number of alkyl halides is 3. The van der Waals surface area contributed by atoms with Crippen molar-refractivity contribution in [2.75, 3.05) is 26.2 Å². The molecule has 0 radical (unpaired) electrons. The third-order valence-corrected chi connectivity index (χ3v) is 6.70. The molecule has 4 nitrogen and oxygen atoms in total. The van der Waals surface area contributed by atoms with Crippen molar-refractivity contribution in [1.29, 1.82) is 0 Å². The molecule has 2 fully saturated rings. The van der Waals surface area contributed by atoms with Crippen LogP contribution in [0.1, 0.15) is 56.6 Å². The standard InChI is InChI=1S/C24H33F4N3O/c1-16-3-5-22(6-4-16)30-15-23(32)31-9-7-18(8-10-31)14-29-17(2)19-11-20(24(26,27)28)13-21(25)12-19/h11-13,16,18,22,29-30H,2-10,14-15H2,1H3/t16-,22-. The first-order chi connectivity index (χ1) is 15.1. The van der Waals surface area contributed by atoms with Gasteiger partial charge < -0.3 is 15.5 Å². The Kier molecular flexibility index (Phi) is 8.20. The maximum Gasteiger partial charge on any atom is 0.416 e. The summed E-state index contributed by atoms with van der Waals surface area (Å²) in [6.07, 6.45) is 1.68. The van der Waals surface area contributed by atoms with Crippen molar-refractivity contribution in [2.45, 2.75) is 57.7 Å². The summed E-state index contributed by atoms with van der Waals surface area (Å²) in [5.74, 6) is 0.235. The molecule has 8 heteroatoms. The summed E-state index contributed by atoms with van der Waals surface area (Å²) < 4.78 is 52.4. The van der Waals surface area contributed by atoms with E-state index in [1.54, 1.807) is 0 Å². The molecule has 0 bridgehead atoms. The average molecular weight is 456 g/mol. The van der Waals surface area contributed by atoms with Gasteiger partial charge in [-0.25, -0.2) is 4.39 Å². The number of rotatable bonds is 7. The second-order valence-electron chi connectivity index (χ2n) is 9.25. The van der Waals surface area contributed by atoms with E-state index in [0.717, 1.165) is 43.7 Å². The van der Waals surface area contributed by atoms with Gasteiger partial charge in [0.25, 0.3) is 0 Å². The third-order valence-electron chi connectivity index (χ3n) is 6.70. The highest BCUT2D eigenvalue weighted by atomic mass is 19.4. The first-order valence-corrected chi connectivity index (χ1v) is 11.4. The summed E-state index contributed by atoms with van der Waals surface area (Å²) in [6, 6.07) is 2.86. The zero-order valence-electron chi connectivity index (χ0n) is 18.6. The lowest BCUT2D eigenvalue weighted by Gasteiger charge is -2.33. The van der Waals surface area contributed by atoms with Gasteiger partial charge in [-0.1, -0.05) is 13.5 Å². The SMILES string of the molecule is C=C(NCC1CCN(C(=O)CN[C@H]2CC[C@H](C)CC2)CC1)c1cc(F)cc(C(F)(F)F)c1. The van der Waals surface area contributed by atoms with Gasteiger partial charge in [0.2, 0.25) is 5.91 Å². The third kappa shape index (κ3) is 6.95. The molecule has 2 N–H and O–H groups in total. The first kappa shape index (κ1) is 24.6. The summed E-state index contributed by atoms with van der Waals surface area (Å²) in [7, 11) is 0. The molecule has 1 aromatic rings. The fourth-order valence-corrected chi connectivity index (χ4v) is 4.49. The highest BCUT2D eigenvalue weighted by molar-refractivity contribution is 5.78. The average Bonchev–Trinajstić information content (AvgIpc) is 2.76. The van der Waals surface area contributed by atoms with E-state index in [-0.39, 0.29) is 23.1 Å². The summed E-state index contributed by atoms with van der Waals surface area (Å²) in [4.78, 5) is 14.4. The van der Waals surface area contributed by atoms with Gasteiger partial charge in [0.05, 0.1) is 12.1 Å². The minimum absolute atomic E-state index is 0.0909. The minimum atomic E-state index is -4.61. The van der Waals surface area contributed by atoms with Gasteiger partial charge in [-0.3, -0.25) is 4.79 Å². The Hall–Kier alpha value is -2.09. The number of nitrogens with zero attached hydrogens (tertiary/aromatic N) is 1. The lowest BCUT2D eigenvalue weighted by atomic mass is 9.87. The van der Waals surface area contributed by atoms with Crippen molar-refractivity contribution in [1.82, 2.24) is 15.5 Å². The van der Waals surface area contributed by atoms with Crippen LogP contribution in [0.4, 0.5) is 17.6 Å². The van der Waals surface area contributed by atoms with Crippen LogP contribution in [0.5, 0.6) is 0 Å². The number of hydrogen-bond acceptors (Lipinski definition) is 3. The van der Waals surface area contributed by atoms with Crippen molar-refractivity contribution in [3.8, 4) is 0 Å². The van der Waals surface area contributed by atoms with Gasteiger partial charge >= 0.3 is 6.18 Å². The molecule has 0 spiro atoms. The maximum absolute atomic E-state index is 13.6. The van der Waals surface area contributed by atoms with Gasteiger partial charge in [-0.15, -0.1) is 0 Å². The van der Waals surface area contributed by atoms with Crippen LogP contribution in [-0.2, 0) is 11.0 Å². The van der Waals surface area contributed by atoms with E-state index in [9.17, 15) is 22.4 Å². The summed E-state index contributed by atoms with van der Waals surface area (Å²) in [5.41, 5.74) is -0.675. The fraction of sp³-hybridized carbons (Fsp3) is 0.625. The molecule has 1 saturated heterocycles. The topological polar surface area (TPSA) is 44.4 Å². The fourth-order valence-electron chi connectivity index (χ4n) is 4.49. The zero-order chi connectivity index (χ0) is 23.3. The summed E-state index contributed by atoms with van der Waals surface area (Å²) in [6.45, 7) is 8.28. The zero-order valence-corrected chi connectivity index (χ0v) is 18.6. The number of benzene rings is 1. The van der Waals surface area contributed by atoms with E-state index < -0.39 is 17.6 Å². The predicted octanol–water partition coefficient (Wildman–Crippen LogP) is 4.81. The lowest BCUT2D eigenvalue weighted by Crippen LogP contribution is -2.46. The van der Waals surface area contributed by atoms with Crippen LogP contribution >= 0.6 is 0 Å². The van der Waals surface area contributed by atoms with Gasteiger partial charge in [-0.2, -0.15) is 13.2 Å². The number of hydrogen-bond donors (Lipinski definition) is 2. The molecule has 1 heterocycles. The number of halogens is 4. The molecule has 1 saturated carbocycles. The van der Waals surface area contributed by atoms with Crippen LogP contribution in [0.2, 0.25) is 0 Å². The molecule has 1 amide bonds. The molecule has 32 heavy (non-hydrogen) atoms. The highest BCUT2D eigenvalue weighted by Gasteiger charge is 2.31. The summed E-state index contributed by atoms with van der Waals surface area (Å²) in [5, 5.41) is 6.45. The van der Waals surface area contributed by atoms with Crippen LogP contribution in [0.15, 0.2) is 24.8 Å². The molecule has 2 aliphatic rings. The minimum Gasteiger partial charge on any atom is -0.385 e. The quantitative estimate of drug-likeness (QED) is 0.580. The van der Waals surface area contributed by atoms with Crippen molar-refractivity contribution in [3.05, 3.63) is 41.7 Å². The van der Waals surface area contributed by atoms with E-state index in [0.29, 0.717) is 38.3 Å². The molecule has 178 valence electrons. The van der Waals surface area contributed by atoms with Gasteiger partial charge in [-0.05, 0) is 68.6 Å². The molecule has 0 unspecified atom stereocenters. The summed E-state index contributed by atoms with van der Waals surface area (Å²) >= 11 is 0. The Labute approximate surface area is 187 Å². The molecule has 1 aromatic carbocycles. The van der Waals surface area contributed by atoms with E-state index in [1.807, 2.05) is 4.90 Å². The van der Waals surface area contributed by atoms with Gasteiger partial charge in [0, 0.05) is 36.9 Å². The Morgan fingerprint density at radius 1 is 1.09 bits per heavy atom. The number of piperidine rings is 1. The number of carbonyl (C=O) groups is 1. The number of likely N-dealkylation sites (tertiary alicyclic amines) is 1. The normalized spacial score (nSPS) is 22.6. The number of carbonyl (C=O) groups excluding carboxylic acids is 1. The lowest BCUT2D eigenvalue weighted by molar-refractivity contribution is -0.137. The van der Waals surface area contributed by atoms with Crippen molar-refractivity contribution < 1.29 is 22.4 Å². The molecular formula is C24H33F4N3O.